The van der Waals surface area contributed by atoms with Gasteiger partial charge in [0.1, 0.15) is 0 Å². The number of carbonyl (C=O) groups excluding carboxylic acids is 1. The first-order chi connectivity index (χ1) is 9.60. The molecule has 2 aliphatic heterocycles. The second-order valence-electron chi connectivity index (χ2n) is 6.58. The first kappa shape index (κ1) is 16.3. The Morgan fingerprint density at radius 3 is 2.52 bits per heavy atom. The summed E-state index contributed by atoms with van der Waals surface area (Å²) in [6.45, 7) is 6.11. The molecular formula is C17H25ClN2O. The van der Waals surface area contributed by atoms with E-state index in [1.165, 1.54) is 6.42 Å². The van der Waals surface area contributed by atoms with Crippen LogP contribution in [0.4, 0.5) is 0 Å². The van der Waals surface area contributed by atoms with Crippen LogP contribution in [0.5, 0.6) is 0 Å². The molecule has 1 N–H and O–H groups in total. The van der Waals surface area contributed by atoms with Crippen LogP contribution in [0, 0.1) is 0 Å². The molecule has 0 radical (unpaired) electrons. The van der Waals surface area contributed by atoms with E-state index >= 15 is 0 Å². The summed E-state index contributed by atoms with van der Waals surface area (Å²) in [5.74, 6) is 0.292. The highest BCUT2D eigenvalue weighted by molar-refractivity contribution is 5.88. The number of fused-ring (bicyclic) bond motifs is 2. The van der Waals surface area contributed by atoms with Crippen LogP contribution in [0.15, 0.2) is 30.3 Å². The largest absolute Gasteiger partial charge is 0.335 e. The Labute approximate surface area is 133 Å². The van der Waals surface area contributed by atoms with Gasteiger partial charge in [-0.25, -0.2) is 0 Å². The number of nitrogens with one attached hydrogen (secondary N) is 1. The molecular weight excluding hydrogens is 284 g/mol. The van der Waals surface area contributed by atoms with Crippen LogP contribution in [0.2, 0.25) is 0 Å². The molecule has 0 aliphatic carbocycles. The van der Waals surface area contributed by atoms with Gasteiger partial charge >= 0.3 is 0 Å². The van der Waals surface area contributed by atoms with Gasteiger partial charge in [0.15, 0.2) is 0 Å². The molecule has 2 unspecified atom stereocenters. The Balaban J connectivity index is 0.00000161. The Hall–Kier alpha value is -1.06. The Bertz CT molecular complexity index is 475. The van der Waals surface area contributed by atoms with Crippen LogP contribution >= 0.6 is 12.4 Å². The van der Waals surface area contributed by atoms with E-state index in [0.717, 1.165) is 31.5 Å². The van der Waals surface area contributed by atoms with Gasteiger partial charge in [-0.3, -0.25) is 4.79 Å². The van der Waals surface area contributed by atoms with Crippen molar-refractivity contribution >= 4 is 18.3 Å². The van der Waals surface area contributed by atoms with Gasteiger partial charge in [-0.2, -0.15) is 0 Å². The number of halogens is 1. The lowest BCUT2D eigenvalue weighted by Gasteiger charge is -2.36. The third-order valence-electron chi connectivity index (χ3n) is 4.92. The van der Waals surface area contributed by atoms with Crippen molar-refractivity contribution < 1.29 is 4.79 Å². The van der Waals surface area contributed by atoms with Crippen molar-refractivity contribution in [2.45, 2.75) is 50.6 Å². The van der Waals surface area contributed by atoms with E-state index in [1.54, 1.807) is 0 Å². The smallest absolute Gasteiger partial charge is 0.233 e. The number of hydrogen-bond donors (Lipinski definition) is 1. The summed E-state index contributed by atoms with van der Waals surface area (Å²) in [6.07, 6.45) is 3.41. The van der Waals surface area contributed by atoms with Gasteiger partial charge in [-0.15, -0.1) is 12.4 Å². The van der Waals surface area contributed by atoms with Crippen LogP contribution in [0.1, 0.15) is 38.7 Å². The summed E-state index contributed by atoms with van der Waals surface area (Å²) in [5, 5.41) is 3.46. The predicted molar refractivity (Wildman–Crippen MR) is 87.9 cm³/mol. The fourth-order valence-corrected chi connectivity index (χ4v) is 3.61. The van der Waals surface area contributed by atoms with Crippen LogP contribution < -0.4 is 5.32 Å². The third kappa shape index (κ3) is 2.95. The molecule has 1 aromatic carbocycles. The fraction of sp³-hybridized carbons (Fsp3) is 0.588. The number of hydrogen-bond acceptors (Lipinski definition) is 2. The lowest BCUT2D eigenvalue weighted by molar-refractivity contribution is -0.139. The average molecular weight is 309 g/mol. The average Bonchev–Trinajstić information content (AvgIpc) is 2.72. The molecule has 4 heteroatoms. The van der Waals surface area contributed by atoms with Gasteiger partial charge in [0, 0.05) is 18.6 Å². The molecule has 2 saturated heterocycles. The van der Waals surface area contributed by atoms with E-state index in [4.69, 9.17) is 0 Å². The Morgan fingerprint density at radius 1 is 1.14 bits per heavy atom. The molecule has 1 amide bonds. The molecule has 0 spiro atoms. The Morgan fingerprint density at radius 2 is 1.81 bits per heavy atom. The minimum atomic E-state index is -0.438. The molecule has 116 valence electrons. The van der Waals surface area contributed by atoms with Gasteiger partial charge in [0.2, 0.25) is 5.91 Å². The summed E-state index contributed by atoms with van der Waals surface area (Å²) in [6, 6.07) is 11.0. The maximum atomic E-state index is 13.1. The SMILES string of the molecule is CC(C)(C(=O)N1C2CCNCC1CC2)c1ccccc1.Cl. The molecule has 2 fully saturated rings. The number of benzene rings is 1. The molecule has 0 saturated carbocycles. The number of amides is 1. The second kappa shape index (κ2) is 6.37. The van der Waals surface area contributed by atoms with Crippen LogP contribution in [0.25, 0.3) is 0 Å². The lowest BCUT2D eigenvalue weighted by atomic mass is 9.82. The monoisotopic (exact) mass is 308 g/mol. The van der Waals surface area contributed by atoms with Gasteiger partial charge in [-0.1, -0.05) is 30.3 Å². The van der Waals surface area contributed by atoms with Crippen LogP contribution in [0.3, 0.4) is 0 Å². The zero-order valence-corrected chi connectivity index (χ0v) is 13.7. The molecule has 2 bridgehead atoms. The molecule has 1 aromatic rings. The van der Waals surface area contributed by atoms with E-state index in [-0.39, 0.29) is 12.4 Å². The van der Waals surface area contributed by atoms with Crippen molar-refractivity contribution in [1.29, 1.82) is 0 Å². The van der Waals surface area contributed by atoms with Gasteiger partial charge in [0.05, 0.1) is 5.41 Å². The molecule has 2 heterocycles. The quantitative estimate of drug-likeness (QED) is 0.911. The van der Waals surface area contributed by atoms with Gasteiger partial charge in [-0.05, 0) is 45.2 Å². The zero-order valence-electron chi connectivity index (χ0n) is 12.8. The maximum absolute atomic E-state index is 13.1. The molecule has 21 heavy (non-hydrogen) atoms. The second-order valence-corrected chi connectivity index (χ2v) is 6.58. The van der Waals surface area contributed by atoms with E-state index in [9.17, 15) is 4.79 Å². The summed E-state index contributed by atoms with van der Waals surface area (Å²) in [5.41, 5.74) is 0.675. The standard InChI is InChI=1S/C17H24N2O.ClH/c1-17(2,13-6-4-3-5-7-13)16(20)19-14-8-9-15(19)12-18-11-10-14;/h3-7,14-15,18H,8-12H2,1-2H3;1H. The Kier molecular flexibility index (Phi) is 4.95. The third-order valence-corrected chi connectivity index (χ3v) is 4.92. The molecule has 3 rings (SSSR count). The fourth-order valence-electron chi connectivity index (χ4n) is 3.61. The topological polar surface area (TPSA) is 32.3 Å². The van der Waals surface area contributed by atoms with E-state index < -0.39 is 5.41 Å². The predicted octanol–water partition coefficient (Wildman–Crippen LogP) is 2.74. The normalized spacial score (nSPS) is 25.1. The molecule has 2 aliphatic rings. The van der Waals surface area contributed by atoms with Crippen molar-refractivity contribution in [1.82, 2.24) is 10.2 Å². The summed E-state index contributed by atoms with van der Waals surface area (Å²) >= 11 is 0. The van der Waals surface area contributed by atoms with Crippen LogP contribution in [-0.2, 0) is 10.2 Å². The lowest BCUT2D eigenvalue weighted by Crippen LogP contribution is -2.50. The highest BCUT2D eigenvalue weighted by Crippen LogP contribution is 2.34. The first-order valence-electron chi connectivity index (χ1n) is 7.69. The minimum absolute atomic E-state index is 0. The summed E-state index contributed by atoms with van der Waals surface area (Å²) in [7, 11) is 0. The van der Waals surface area contributed by atoms with Crippen molar-refractivity contribution in [3.05, 3.63) is 35.9 Å². The van der Waals surface area contributed by atoms with E-state index in [1.807, 2.05) is 18.2 Å². The molecule has 2 atom stereocenters. The number of nitrogens with zero attached hydrogens (tertiary/aromatic N) is 1. The number of rotatable bonds is 2. The molecule has 3 nitrogen and oxygen atoms in total. The number of carbonyl (C=O) groups is 1. The highest BCUT2D eigenvalue weighted by Gasteiger charge is 2.43. The first-order valence-corrected chi connectivity index (χ1v) is 7.69. The summed E-state index contributed by atoms with van der Waals surface area (Å²) in [4.78, 5) is 15.3. The van der Waals surface area contributed by atoms with Gasteiger partial charge in [0.25, 0.3) is 0 Å². The van der Waals surface area contributed by atoms with Crippen molar-refractivity contribution in [3.63, 3.8) is 0 Å². The van der Waals surface area contributed by atoms with Crippen LogP contribution in [-0.4, -0.2) is 36.0 Å². The maximum Gasteiger partial charge on any atom is 0.233 e. The van der Waals surface area contributed by atoms with Gasteiger partial charge < -0.3 is 10.2 Å². The molecule has 0 aromatic heterocycles. The highest BCUT2D eigenvalue weighted by atomic mass is 35.5. The van der Waals surface area contributed by atoms with Crippen molar-refractivity contribution in [3.8, 4) is 0 Å². The summed E-state index contributed by atoms with van der Waals surface area (Å²) < 4.78 is 0. The van der Waals surface area contributed by atoms with E-state index in [2.05, 4.69) is 36.2 Å². The minimum Gasteiger partial charge on any atom is -0.335 e. The zero-order chi connectivity index (χ0) is 14.2. The van der Waals surface area contributed by atoms with E-state index in [0.29, 0.717) is 18.0 Å². The van der Waals surface area contributed by atoms with Crippen molar-refractivity contribution in [2.24, 2.45) is 0 Å². The van der Waals surface area contributed by atoms with Crippen molar-refractivity contribution in [2.75, 3.05) is 13.1 Å².